The number of fused-ring (bicyclic) bond motifs is 7. The van der Waals surface area contributed by atoms with E-state index in [0.717, 1.165) is 69.0 Å². The Balaban J connectivity index is 1.15. The van der Waals surface area contributed by atoms with Gasteiger partial charge in [-0.3, -0.25) is 19.2 Å². The van der Waals surface area contributed by atoms with Crippen LogP contribution in [0.25, 0.3) is 0 Å². The van der Waals surface area contributed by atoms with Crippen LogP contribution in [-0.4, -0.2) is 71.8 Å². The van der Waals surface area contributed by atoms with Crippen LogP contribution in [0.1, 0.15) is 139 Å². The number of allylic oxidation sites excluding steroid dienone is 2. The molecule has 8 nitrogen and oxygen atoms in total. The summed E-state index contributed by atoms with van der Waals surface area (Å²) in [4.78, 5) is 58.7. The molecule has 6 aliphatic rings. The number of halogens is 1. The van der Waals surface area contributed by atoms with Gasteiger partial charge in [0.2, 0.25) is 5.91 Å². The molecule has 7 rings (SSSR count). The van der Waals surface area contributed by atoms with Crippen molar-refractivity contribution in [3.63, 3.8) is 0 Å². The summed E-state index contributed by atoms with van der Waals surface area (Å²) < 4.78 is 6.44. The molecule has 0 heterocycles. The predicted molar refractivity (Wildman–Crippen MR) is 232 cm³/mol. The number of benzene rings is 1. The number of aliphatic carboxylic acids is 1. The Hall–Kier alpha value is -2.71. The Morgan fingerprint density at radius 1 is 0.847 bits per heavy atom. The largest absolute Gasteiger partial charge is 0.481 e. The van der Waals surface area contributed by atoms with Gasteiger partial charge in [0.25, 0.3) is 0 Å². The summed E-state index contributed by atoms with van der Waals surface area (Å²) in [5.41, 5.74) is 2.07. The molecule has 59 heavy (non-hydrogen) atoms. The molecular weight excluding hydrogens is 760 g/mol. The monoisotopic (exact) mass is 833 g/mol. The second-order valence-electron chi connectivity index (χ2n) is 22.6. The van der Waals surface area contributed by atoms with E-state index in [0.29, 0.717) is 49.2 Å². The molecule has 5 fully saturated rings. The van der Waals surface area contributed by atoms with Crippen molar-refractivity contribution in [2.45, 2.75) is 146 Å². The minimum atomic E-state index is -0.832. The lowest BCUT2D eigenvalue weighted by Crippen LogP contribution is -2.66. The number of ether oxygens (including phenoxy) is 1. The Bertz CT molecular complexity index is 1900. The van der Waals surface area contributed by atoms with E-state index in [1.807, 2.05) is 57.1 Å². The summed E-state index contributed by atoms with van der Waals surface area (Å²) in [5.74, 6) is -0.384. The molecule has 9 heteroatoms. The third-order valence-electron chi connectivity index (χ3n) is 18.6. The number of carbonyl (C=O) groups excluding carboxylic acids is 3. The Morgan fingerprint density at radius 3 is 2.17 bits per heavy atom. The first-order valence-electron chi connectivity index (χ1n) is 22.8. The number of likely N-dealkylation sites (N-methyl/N-ethyl adjacent to an activating group) is 1. The third kappa shape index (κ3) is 6.95. The Labute approximate surface area is 359 Å². The maximum Gasteiger partial charge on any atom is 0.309 e. The van der Waals surface area contributed by atoms with Crippen molar-refractivity contribution in [2.24, 2.45) is 68.0 Å². The number of carboxylic acids is 1. The topological polar surface area (TPSA) is 104 Å². The van der Waals surface area contributed by atoms with E-state index in [1.165, 1.54) is 5.57 Å². The van der Waals surface area contributed by atoms with Gasteiger partial charge in [-0.15, -0.1) is 0 Å². The molecule has 1 aromatic rings. The van der Waals surface area contributed by atoms with Crippen molar-refractivity contribution in [1.82, 2.24) is 9.80 Å². The molecule has 0 aromatic heterocycles. The molecule has 10 atom stereocenters. The fourth-order valence-corrected chi connectivity index (χ4v) is 15.1. The van der Waals surface area contributed by atoms with Gasteiger partial charge in [-0.05, 0) is 134 Å². The quantitative estimate of drug-likeness (QED) is 0.222. The van der Waals surface area contributed by atoms with Gasteiger partial charge in [0.05, 0.1) is 11.8 Å². The SMILES string of the molecule is CC(C)C1=C2[C@H]3CC[C@@H]4[C@@]5(C)CC[C@H](OC(=O)[C@H]6C[C@@H](C(=O)O)C6(C)C)C(C)(C)[C@@H]5CC[C@@]4(C)[C@]3(C)CC[C@@]2(CC(=O)N(CCN(C)C)Cc2ccccc2Cl)CC1=O. The third-order valence-corrected chi connectivity index (χ3v) is 19.0. The van der Waals surface area contributed by atoms with Gasteiger partial charge in [-0.1, -0.05) is 97.7 Å². The summed E-state index contributed by atoms with van der Waals surface area (Å²) in [6.07, 6.45) is 8.87. The second-order valence-corrected chi connectivity index (χ2v) is 23.1. The number of ketones is 1. The first-order valence-corrected chi connectivity index (χ1v) is 23.2. The van der Waals surface area contributed by atoms with Gasteiger partial charge in [0, 0.05) is 48.3 Å². The summed E-state index contributed by atoms with van der Waals surface area (Å²) >= 11 is 6.65. The molecule has 1 N–H and O–H groups in total. The predicted octanol–water partition coefficient (Wildman–Crippen LogP) is 10.3. The van der Waals surface area contributed by atoms with E-state index >= 15 is 0 Å². The van der Waals surface area contributed by atoms with Gasteiger partial charge in [0.1, 0.15) is 6.10 Å². The molecule has 6 aliphatic carbocycles. The van der Waals surface area contributed by atoms with Crippen LogP contribution in [0.5, 0.6) is 0 Å². The maximum absolute atomic E-state index is 14.8. The minimum Gasteiger partial charge on any atom is -0.481 e. The number of hydrogen-bond acceptors (Lipinski definition) is 6. The molecule has 0 unspecified atom stereocenters. The van der Waals surface area contributed by atoms with Gasteiger partial charge >= 0.3 is 11.9 Å². The van der Waals surface area contributed by atoms with Gasteiger partial charge < -0.3 is 19.6 Å². The lowest BCUT2D eigenvalue weighted by Gasteiger charge is -2.72. The van der Waals surface area contributed by atoms with E-state index in [2.05, 4.69) is 53.4 Å². The molecule has 1 aromatic carbocycles. The number of hydrogen-bond donors (Lipinski definition) is 1. The van der Waals surface area contributed by atoms with Gasteiger partial charge in [-0.2, -0.15) is 0 Å². The molecule has 0 aliphatic heterocycles. The Kier molecular flexibility index (Phi) is 11.5. The maximum atomic E-state index is 14.8. The molecule has 0 saturated heterocycles. The zero-order chi connectivity index (χ0) is 43.2. The summed E-state index contributed by atoms with van der Waals surface area (Å²) in [7, 11) is 4.07. The second kappa shape index (κ2) is 15.3. The molecule has 1 amide bonds. The zero-order valence-electron chi connectivity index (χ0n) is 38.0. The van der Waals surface area contributed by atoms with Crippen LogP contribution in [0.4, 0.5) is 0 Å². The highest BCUT2D eigenvalue weighted by molar-refractivity contribution is 6.31. The normalized spacial score (nSPS) is 38.2. The number of Topliss-reactive ketones (excluding diaryl/α,β-unsaturated/α-hetero) is 1. The summed E-state index contributed by atoms with van der Waals surface area (Å²) in [6, 6.07) is 7.79. The van der Waals surface area contributed by atoms with Crippen LogP contribution in [0.15, 0.2) is 35.4 Å². The first kappa shape index (κ1) is 44.3. The summed E-state index contributed by atoms with van der Waals surface area (Å²) in [6.45, 7) is 22.2. The van der Waals surface area contributed by atoms with Gasteiger partial charge in [-0.25, -0.2) is 0 Å². The van der Waals surface area contributed by atoms with Crippen LogP contribution in [0.3, 0.4) is 0 Å². The van der Waals surface area contributed by atoms with Crippen molar-refractivity contribution < 1.29 is 29.0 Å². The van der Waals surface area contributed by atoms with Crippen molar-refractivity contribution in [1.29, 1.82) is 0 Å². The first-order chi connectivity index (χ1) is 27.4. The van der Waals surface area contributed by atoms with Crippen LogP contribution < -0.4 is 0 Å². The number of rotatable bonds is 11. The van der Waals surface area contributed by atoms with Crippen LogP contribution in [-0.2, 0) is 30.5 Å². The fourth-order valence-electron chi connectivity index (χ4n) is 14.9. The van der Waals surface area contributed by atoms with E-state index in [9.17, 15) is 24.3 Å². The number of nitrogens with zero attached hydrogens (tertiary/aromatic N) is 2. The van der Waals surface area contributed by atoms with Crippen molar-refractivity contribution in [3.05, 3.63) is 46.0 Å². The smallest absolute Gasteiger partial charge is 0.309 e. The van der Waals surface area contributed by atoms with E-state index in [-0.39, 0.29) is 63.2 Å². The standard InChI is InChI=1S/C50H73ClN2O6/c1-30(2)41-36(54)27-50(28-40(55)53(25-24-52(10)11)29-31-14-12-13-15-35(31)51)23-22-48(8)32(42(41)50)16-17-38-47(7)20-19-39(46(5,6)37(47)18-21-49(38,48)9)59-44(58)34-26-33(43(56)57)45(34,3)4/h12-15,30,32-34,37-39H,16-29H2,1-11H3,(H,56,57)/t32-,33+,34-,37+,38-,39+,47+,48-,49-,50+/m1/s1. The lowest BCUT2D eigenvalue weighted by molar-refractivity contribution is -0.236. The van der Waals surface area contributed by atoms with Crippen molar-refractivity contribution in [2.75, 3.05) is 27.2 Å². The Morgan fingerprint density at radius 2 is 1.54 bits per heavy atom. The molecule has 0 spiro atoms. The average molecular weight is 834 g/mol. The highest BCUT2D eigenvalue weighted by Gasteiger charge is 2.70. The molecule has 0 radical (unpaired) electrons. The van der Waals surface area contributed by atoms with E-state index in [1.54, 1.807) is 0 Å². The number of carboxylic acid groups (broad SMARTS) is 1. The lowest BCUT2D eigenvalue weighted by atomic mass is 9.33. The zero-order valence-corrected chi connectivity index (χ0v) is 38.8. The van der Waals surface area contributed by atoms with Crippen LogP contribution >= 0.6 is 11.6 Å². The van der Waals surface area contributed by atoms with E-state index in [4.69, 9.17) is 16.3 Å². The number of carbonyl (C=O) groups is 4. The minimum absolute atomic E-state index is 0.0251. The molecule has 5 saturated carbocycles. The van der Waals surface area contributed by atoms with Gasteiger partial charge in [0.15, 0.2) is 5.78 Å². The molecule has 0 bridgehead atoms. The fraction of sp³-hybridized carbons (Fsp3) is 0.760. The van der Waals surface area contributed by atoms with Crippen LogP contribution in [0, 0.1) is 68.0 Å². The molecule has 326 valence electrons. The highest BCUT2D eigenvalue weighted by atomic mass is 35.5. The highest BCUT2D eigenvalue weighted by Crippen LogP contribution is 2.77. The van der Waals surface area contributed by atoms with Crippen LogP contribution in [0.2, 0.25) is 5.02 Å². The number of amides is 1. The number of esters is 1. The summed E-state index contributed by atoms with van der Waals surface area (Å²) in [5, 5.41) is 10.4. The van der Waals surface area contributed by atoms with Crippen molar-refractivity contribution >= 4 is 35.2 Å². The average Bonchev–Trinajstić information content (AvgIpc) is 3.43. The van der Waals surface area contributed by atoms with Crippen molar-refractivity contribution in [3.8, 4) is 0 Å². The molecular formula is C50H73ClN2O6. The van der Waals surface area contributed by atoms with E-state index < -0.39 is 22.7 Å².